The lowest BCUT2D eigenvalue weighted by atomic mass is 10.4. The minimum Gasteiger partial charge on any atom is -0.395 e. The third-order valence-corrected chi connectivity index (χ3v) is 3.77. The molecule has 0 saturated heterocycles. The average molecular weight is 310 g/mol. The second-order valence-corrected chi connectivity index (χ2v) is 5.41. The van der Waals surface area contributed by atoms with Gasteiger partial charge in [-0.15, -0.1) is 11.3 Å². The summed E-state index contributed by atoms with van der Waals surface area (Å²) in [5.74, 6) is 0.673. The highest BCUT2D eigenvalue weighted by Gasteiger charge is 2.11. The van der Waals surface area contributed by atoms with Gasteiger partial charge in [-0.25, -0.2) is 9.97 Å². The van der Waals surface area contributed by atoms with Gasteiger partial charge >= 0.3 is 0 Å². The third-order valence-electron chi connectivity index (χ3n) is 2.82. The summed E-state index contributed by atoms with van der Waals surface area (Å²) in [5, 5.41) is 16.2. The molecule has 0 aliphatic carbocycles. The first-order chi connectivity index (χ1) is 9.78. The molecule has 0 radical (unpaired) electrons. The zero-order valence-electron chi connectivity index (χ0n) is 10.5. The molecular formula is C12H12ClN5OS. The van der Waals surface area contributed by atoms with E-state index in [-0.39, 0.29) is 11.9 Å². The minimum absolute atomic E-state index is 0.0489. The Bertz CT molecular complexity index is 712. The molecule has 3 rings (SSSR count). The van der Waals surface area contributed by atoms with Crippen molar-refractivity contribution in [3.8, 4) is 0 Å². The van der Waals surface area contributed by atoms with Crippen molar-refractivity contribution in [2.75, 3.05) is 11.9 Å². The van der Waals surface area contributed by atoms with Crippen molar-refractivity contribution in [1.29, 1.82) is 0 Å². The molecule has 0 bridgehead atoms. The summed E-state index contributed by atoms with van der Waals surface area (Å²) in [4.78, 5) is 12.6. The number of aliphatic hydroxyl groups is 1. The Kier molecular flexibility index (Phi) is 3.81. The van der Waals surface area contributed by atoms with Crippen LogP contribution in [-0.2, 0) is 13.1 Å². The van der Waals surface area contributed by atoms with Crippen molar-refractivity contribution in [1.82, 2.24) is 19.5 Å². The number of aliphatic hydroxyl groups excluding tert-OH is 1. The van der Waals surface area contributed by atoms with Crippen LogP contribution in [0, 0.1) is 0 Å². The van der Waals surface area contributed by atoms with Crippen LogP contribution < -0.4 is 5.32 Å². The van der Waals surface area contributed by atoms with Gasteiger partial charge in [0.2, 0.25) is 5.28 Å². The lowest BCUT2D eigenvalue weighted by Gasteiger charge is -2.07. The Morgan fingerprint density at radius 1 is 1.40 bits per heavy atom. The molecule has 0 saturated carbocycles. The van der Waals surface area contributed by atoms with Gasteiger partial charge in [0.25, 0.3) is 0 Å². The van der Waals surface area contributed by atoms with Crippen molar-refractivity contribution in [2.24, 2.45) is 0 Å². The second kappa shape index (κ2) is 5.74. The molecule has 0 spiro atoms. The molecule has 0 aromatic carbocycles. The van der Waals surface area contributed by atoms with Gasteiger partial charge in [-0.3, -0.25) is 0 Å². The number of halogens is 1. The van der Waals surface area contributed by atoms with Crippen LogP contribution in [0.2, 0.25) is 5.28 Å². The Morgan fingerprint density at radius 2 is 2.30 bits per heavy atom. The van der Waals surface area contributed by atoms with E-state index in [9.17, 15) is 0 Å². The molecule has 104 valence electrons. The fraction of sp³-hybridized carbons (Fsp3) is 0.250. The smallest absolute Gasteiger partial charge is 0.226 e. The molecule has 20 heavy (non-hydrogen) atoms. The number of nitrogens with one attached hydrogen (secondary N) is 1. The highest BCUT2D eigenvalue weighted by molar-refractivity contribution is 7.09. The molecule has 0 atom stereocenters. The molecule has 2 N–H and O–H groups in total. The quantitative estimate of drug-likeness (QED) is 0.706. The molecule has 3 heterocycles. The predicted molar refractivity (Wildman–Crippen MR) is 79.1 cm³/mol. The van der Waals surface area contributed by atoms with E-state index in [1.165, 1.54) is 0 Å². The summed E-state index contributed by atoms with van der Waals surface area (Å²) in [6, 6.07) is 1.91. The third kappa shape index (κ3) is 2.60. The Labute approximate surface area is 124 Å². The number of anilines is 1. The SMILES string of the molecule is OCCn1ccc2c(NCc3nccs3)nc(Cl)nc21. The first-order valence-electron chi connectivity index (χ1n) is 6.03. The van der Waals surface area contributed by atoms with E-state index in [4.69, 9.17) is 16.7 Å². The second-order valence-electron chi connectivity index (χ2n) is 4.09. The maximum atomic E-state index is 9.04. The lowest BCUT2D eigenvalue weighted by molar-refractivity contribution is 0.278. The lowest BCUT2D eigenvalue weighted by Crippen LogP contribution is -2.05. The van der Waals surface area contributed by atoms with Crippen LogP contribution in [0.25, 0.3) is 11.0 Å². The highest BCUT2D eigenvalue weighted by Crippen LogP contribution is 2.24. The maximum absolute atomic E-state index is 9.04. The molecule has 0 unspecified atom stereocenters. The average Bonchev–Trinajstić information content (AvgIpc) is 3.07. The number of hydrogen-bond donors (Lipinski definition) is 2. The molecule has 3 aromatic heterocycles. The first-order valence-corrected chi connectivity index (χ1v) is 7.29. The van der Waals surface area contributed by atoms with E-state index in [2.05, 4.69) is 20.3 Å². The van der Waals surface area contributed by atoms with Crippen LogP contribution in [0.1, 0.15) is 5.01 Å². The maximum Gasteiger partial charge on any atom is 0.226 e. The Morgan fingerprint density at radius 3 is 3.05 bits per heavy atom. The highest BCUT2D eigenvalue weighted by atomic mass is 35.5. The van der Waals surface area contributed by atoms with Gasteiger partial charge in [0.05, 0.1) is 18.5 Å². The number of fused-ring (bicyclic) bond motifs is 1. The van der Waals surface area contributed by atoms with Crippen molar-refractivity contribution in [3.63, 3.8) is 0 Å². The van der Waals surface area contributed by atoms with Crippen LogP contribution in [0.5, 0.6) is 0 Å². The van der Waals surface area contributed by atoms with Crippen molar-refractivity contribution in [3.05, 3.63) is 34.1 Å². The molecule has 0 aliphatic heterocycles. The van der Waals surface area contributed by atoms with Crippen molar-refractivity contribution in [2.45, 2.75) is 13.1 Å². The standard InChI is InChI=1S/C12H12ClN5OS/c13-12-16-10(15-7-9-14-2-6-20-9)8-1-3-18(4-5-19)11(8)17-12/h1-3,6,19H,4-5,7H2,(H,15,16,17). The normalized spacial score (nSPS) is 11.1. The zero-order chi connectivity index (χ0) is 13.9. The number of aromatic nitrogens is 4. The van der Waals surface area contributed by atoms with E-state index < -0.39 is 0 Å². The van der Waals surface area contributed by atoms with E-state index in [1.807, 2.05) is 22.2 Å². The van der Waals surface area contributed by atoms with Crippen LogP contribution in [0.3, 0.4) is 0 Å². The fourth-order valence-corrected chi connectivity index (χ4v) is 2.68. The monoisotopic (exact) mass is 309 g/mol. The van der Waals surface area contributed by atoms with E-state index >= 15 is 0 Å². The van der Waals surface area contributed by atoms with Gasteiger partial charge in [0.1, 0.15) is 16.5 Å². The van der Waals surface area contributed by atoms with Gasteiger partial charge in [-0.1, -0.05) is 0 Å². The topological polar surface area (TPSA) is 75.9 Å². The van der Waals surface area contributed by atoms with E-state index in [0.29, 0.717) is 24.6 Å². The first kappa shape index (κ1) is 13.3. The number of rotatable bonds is 5. The summed E-state index contributed by atoms with van der Waals surface area (Å²) >= 11 is 7.54. The Hall–Kier alpha value is -1.70. The van der Waals surface area contributed by atoms with Crippen LogP contribution >= 0.6 is 22.9 Å². The number of nitrogens with zero attached hydrogens (tertiary/aromatic N) is 4. The zero-order valence-corrected chi connectivity index (χ0v) is 12.0. The molecule has 0 aliphatic rings. The van der Waals surface area contributed by atoms with E-state index in [1.54, 1.807) is 17.5 Å². The minimum atomic E-state index is 0.0489. The summed E-state index contributed by atoms with van der Waals surface area (Å²) in [5.41, 5.74) is 0.709. The van der Waals surface area contributed by atoms with Gasteiger partial charge in [-0.2, -0.15) is 4.98 Å². The summed E-state index contributed by atoms with van der Waals surface area (Å²) in [7, 11) is 0. The van der Waals surface area contributed by atoms with Crippen molar-refractivity contribution < 1.29 is 5.11 Å². The van der Waals surface area contributed by atoms with Crippen molar-refractivity contribution >= 4 is 39.8 Å². The summed E-state index contributed by atoms with van der Waals surface area (Å²) < 4.78 is 1.84. The molecule has 3 aromatic rings. The van der Waals surface area contributed by atoms with Gasteiger partial charge in [0.15, 0.2) is 0 Å². The van der Waals surface area contributed by atoms with Gasteiger partial charge in [0, 0.05) is 24.3 Å². The molecule has 8 heteroatoms. The van der Waals surface area contributed by atoms with Crippen LogP contribution in [-0.4, -0.2) is 31.2 Å². The molecule has 0 fully saturated rings. The fourth-order valence-electron chi connectivity index (χ4n) is 1.96. The molecule has 6 nitrogen and oxygen atoms in total. The largest absolute Gasteiger partial charge is 0.395 e. The van der Waals surface area contributed by atoms with E-state index in [0.717, 1.165) is 10.4 Å². The van der Waals surface area contributed by atoms with Crippen LogP contribution in [0.15, 0.2) is 23.8 Å². The van der Waals surface area contributed by atoms with Crippen LogP contribution in [0.4, 0.5) is 5.82 Å². The van der Waals surface area contributed by atoms with Gasteiger partial charge < -0.3 is 15.0 Å². The summed E-state index contributed by atoms with van der Waals surface area (Å²) in [6.45, 7) is 1.11. The molecular weight excluding hydrogens is 298 g/mol. The number of hydrogen-bond acceptors (Lipinski definition) is 6. The Balaban J connectivity index is 1.93. The predicted octanol–water partition coefficient (Wildman–Crippen LogP) is 2.15. The molecule has 0 amide bonds. The number of thiazole rings is 1. The van der Waals surface area contributed by atoms with Gasteiger partial charge in [-0.05, 0) is 17.7 Å². The summed E-state index contributed by atoms with van der Waals surface area (Å²) in [6.07, 6.45) is 3.63.